The van der Waals surface area contributed by atoms with Gasteiger partial charge in [-0.25, -0.2) is 0 Å². The second-order valence-corrected chi connectivity index (χ2v) is 7.52. The molecular weight excluding hydrogens is 342 g/mol. The Balaban J connectivity index is 1.62. The van der Waals surface area contributed by atoms with Crippen LogP contribution < -0.4 is 0 Å². The van der Waals surface area contributed by atoms with Gasteiger partial charge in [0, 0.05) is 30.5 Å². The number of likely N-dealkylation sites (tertiary alicyclic amines) is 1. The standard InChI is InChI=1S/C19H24ClNO4/c1-12-2-7-15(25-12)8-9-18(22)21-10-16(17(11-21)19(23)24)13-3-5-14(20)6-4-13/h3-6,12,15-17H,2,7-11H2,1H3,(H,23,24)/t12?,15?,16-,17+/m0/s1. The van der Waals surface area contributed by atoms with Crippen LogP contribution in [0.5, 0.6) is 0 Å². The second-order valence-electron chi connectivity index (χ2n) is 7.09. The predicted molar refractivity (Wildman–Crippen MR) is 94.7 cm³/mol. The average Bonchev–Trinajstić information content (AvgIpc) is 3.20. The van der Waals surface area contributed by atoms with Gasteiger partial charge in [0.25, 0.3) is 0 Å². The third kappa shape index (κ3) is 4.33. The zero-order valence-electron chi connectivity index (χ0n) is 14.4. The number of benzene rings is 1. The van der Waals surface area contributed by atoms with Crippen molar-refractivity contribution in [2.24, 2.45) is 5.92 Å². The van der Waals surface area contributed by atoms with Crippen molar-refractivity contribution in [2.45, 2.75) is 50.7 Å². The van der Waals surface area contributed by atoms with Crippen molar-refractivity contribution < 1.29 is 19.4 Å². The number of hydrogen-bond donors (Lipinski definition) is 1. The third-order valence-electron chi connectivity index (χ3n) is 5.29. The number of halogens is 1. The maximum absolute atomic E-state index is 12.5. The molecule has 5 nitrogen and oxygen atoms in total. The van der Waals surface area contributed by atoms with Gasteiger partial charge in [-0.1, -0.05) is 23.7 Å². The molecule has 0 saturated carbocycles. The van der Waals surface area contributed by atoms with Gasteiger partial charge in [0.15, 0.2) is 0 Å². The summed E-state index contributed by atoms with van der Waals surface area (Å²) >= 11 is 5.92. The summed E-state index contributed by atoms with van der Waals surface area (Å²) in [6, 6.07) is 7.23. The molecule has 2 aliphatic heterocycles. The van der Waals surface area contributed by atoms with Gasteiger partial charge < -0.3 is 14.7 Å². The van der Waals surface area contributed by atoms with Crippen molar-refractivity contribution in [3.8, 4) is 0 Å². The summed E-state index contributed by atoms with van der Waals surface area (Å²) in [5.74, 6) is -1.61. The highest BCUT2D eigenvalue weighted by Crippen LogP contribution is 2.34. The number of rotatable bonds is 5. The molecule has 25 heavy (non-hydrogen) atoms. The number of nitrogens with zero attached hydrogens (tertiary/aromatic N) is 1. The lowest BCUT2D eigenvalue weighted by molar-refractivity contribution is -0.141. The van der Waals surface area contributed by atoms with E-state index in [0.29, 0.717) is 24.4 Å². The van der Waals surface area contributed by atoms with Crippen molar-refractivity contribution in [1.29, 1.82) is 0 Å². The Hall–Kier alpha value is -1.59. The van der Waals surface area contributed by atoms with E-state index in [9.17, 15) is 14.7 Å². The molecule has 1 N–H and O–H groups in total. The Morgan fingerprint density at radius 1 is 1.24 bits per heavy atom. The average molecular weight is 366 g/mol. The maximum Gasteiger partial charge on any atom is 0.308 e. The molecule has 0 bridgehead atoms. The van der Waals surface area contributed by atoms with Crippen LogP contribution in [0.15, 0.2) is 24.3 Å². The number of aliphatic carboxylic acids is 1. The van der Waals surface area contributed by atoms with Gasteiger partial charge in [0.05, 0.1) is 18.1 Å². The minimum atomic E-state index is -0.858. The van der Waals surface area contributed by atoms with Crippen LogP contribution in [-0.4, -0.2) is 47.2 Å². The number of carboxylic acids is 1. The van der Waals surface area contributed by atoms with Crippen molar-refractivity contribution in [3.05, 3.63) is 34.9 Å². The van der Waals surface area contributed by atoms with Crippen LogP contribution in [-0.2, 0) is 14.3 Å². The lowest BCUT2D eigenvalue weighted by Crippen LogP contribution is -2.30. The molecule has 6 heteroatoms. The normalized spacial score (nSPS) is 29.1. The molecule has 0 aromatic heterocycles. The highest BCUT2D eigenvalue weighted by atomic mass is 35.5. The molecule has 3 rings (SSSR count). The van der Waals surface area contributed by atoms with Crippen molar-refractivity contribution in [3.63, 3.8) is 0 Å². The zero-order valence-corrected chi connectivity index (χ0v) is 15.1. The van der Waals surface area contributed by atoms with E-state index < -0.39 is 11.9 Å². The number of hydrogen-bond acceptors (Lipinski definition) is 3. The first-order chi connectivity index (χ1) is 11.9. The van der Waals surface area contributed by atoms with Gasteiger partial charge in [-0.3, -0.25) is 9.59 Å². The van der Waals surface area contributed by atoms with Gasteiger partial charge in [0.1, 0.15) is 0 Å². The highest BCUT2D eigenvalue weighted by molar-refractivity contribution is 6.30. The van der Waals surface area contributed by atoms with E-state index in [-0.39, 0.29) is 30.6 Å². The second kappa shape index (κ2) is 7.75. The fraction of sp³-hybridized carbons (Fsp3) is 0.579. The summed E-state index contributed by atoms with van der Waals surface area (Å²) in [5, 5.41) is 10.2. The largest absolute Gasteiger partial charge is 0.481 e. The Bertz CT molecular complexity index is 633. The molecule has 1 aromatic carbocycles. The van der Waals surface area contributed by atoms with Crippen molar-refractivity contribution in [2.75, 3.05) is 13.1 Å². The third-order valence-corrected chi connectivity index (χ3v) is 5.54. The Kier molecular flexibility index (Phi) is 5.64. The lowest BCUT2D eigenvalue weighted by atomic mass is 9.89. The van der Waals surface area contributed by atoms with E-state index in [4.69, 9.17) is 16.3 Å². The molecular formula is C19H24ClNO4. The quantitative estimate of drug-likeness (QED) is 0.869. The van der Waals surface area contributed by atoms with E-state index >= 15 is 0 Å². The number of ether oxygens (including phenoxy) is 1. The van der Waals surface area contributed by atoms with Crippen LogP contribution in [0.1, 0.15) is 44.1 Å². The van der Waals surface area contributed by atoms with Crippen LogP contribution in [0.2, 0.25) is 5.02 Å². The van der Waals surface area contributed by atoms with Crippen LogP contribution >= 0.6 is 11.6 Å². The molecule has 4 atom stereocenters. The minimum Gasteiger partial charge on any atom is -0.481 e. The van der Waals surface area contributed by atoms with Gasteiger partial charge in [0.2, 0.25) is 5.91 Å². The molecule has 2 unspecified atom stereocenters. The summed E-state index contributed by atoms with van der Waals surface area (Å²) < 4.78 is 5.76. The fourth-order valence-corrected chi connectivity index (χ4v) is 3.97. The SMILES string of the molecule is CC1CCC(CCC(=O)N2C[C@@H](C(=O)O)[C@H](c3ccc(Cl)cc3)C2)O1. The summed E-state index contributed by atoms with van der Waals surface area (Å²) in [5.41, 5.74) is 0.917. The van der Waals surface area contributed by atoms with E-state index in [2.05, 4.69) is 6.92 Å². The van der Waals surface area contributed by atoms with E-state index in [1.165, 1.54) is 0 Å². The summed E-state index contributed by atoms with van der Waals surface area (Å²) in [6.07, 6.45) is 3.60. The Labute approximate surface area is 152 Å². The van der Waals surface area contributed by atoms with Crippen LogP contribution in [0.3, 0.4) is 0 Å². The summed E-state index contributed by atoms with van der Waals surface area (Å²) in [7, 11) is 0. The van der Waals surface area contributed by atoms with Crippen molar-refractivity contribution in [1.82, 2.24) is 4.90 Å². The molecule has 1 amide bonds. The first-order valence-electron chi connectivity index (χ1n) is 8.85. The molecule has 0 aliphatic carbocycles. The number of amides is 1. The molecule has 136 valence electrons. The fourth-order valence-electron chi connectivity index (χ4n) is 3.85. The molecule has 0 spiro atoms. The number of carbonyl (C=O) groups is 2. The Morgan fingerprint density at radius 2 is 1.96 bits per heavy atom. The smallest absolute Gasteiger partial charge is 0.308 e. The first kappa shape index (κ1) is 18.2. The lowest BCUT2D eigenvalue weighted by Gasteiger charge is -2.18. The van der Waals surface area contributed by atoms with Gasteiger partial charge in [-0.15, -0.1) is 0 Å². The van der Waals surface area contributed by atoms with Crippen molar-refractivity contribution >= 4 is 23.5 Å². The van der Waals surface area contributed by atoms with Gasteiger partial charge in [-0.2, -0.15) is 0 Å². The molecule has 2 aliphatic rings. The topological polar surface area (TPSA) is 66.8 Å². The molecule has 2 saturated heterocycles. The molecule has 1 aromatic rings. The summed E-state index contributed by atoms with van der Waals surface area (Å²) in [6.45, 7) is 2.76. The van der Waals surface area contributed by atoms with Gasteiger partial charge in [-0.05, 0) is 43.9 Å². The molecule has 0 radical (unpaired) electrons. The number of carboxylic acid groups (broad SMARTS) is 1. The predicted octanol–water partition coefficient (Wildman–Crippen LogP) is 3.31. The van der Waals surface area contributed by atoms with E-state index in [1.807, 2.05) is 12.1 Å². The van der Waals surface area contributed by atoms with E-state index in [0.717, 1.165) is 18.4 Å². The number of carbonyl (C=O) groups excluding carboxylic acids is 1. The highest BCUT2D eigenvalue weighted by Gasteiger charge is 2.40. The van der Waals surface area contributed by atoms with Gasteiger partial charge >= 0.3 is 5.97 Å². The molecule has 2 heterocycles. The van der Waals surface area contributed by atoms with Crippen LogP contribution in [0, 0.1) is 5.92 Å². The molecule has 2 fully saturated rings. The van der Waals surface area contributed by atoms with Crippen LogP contribution in [0.4, 0.5) is 0 Å². The Morgan fingerprint density at radius 3 is 2.56 bits per heavy atom. The monoisotopic (exact) mass is 365 g/mol. The van der Waals surface area contributed by atoms with E-state index in [1.54, 1.807) is 17.0 Å². The zero-order chi connectivity index (χ0) is 18.0. The minimum absolute atomic E-state index is 0.0193. The summed E-state index contributed by atoms with van der Waals surface area (Å²) in [4.78, 5) is 25.9. The van der Waals surface area contributed by atoms with Crippen LogP contribution in [0.25, 0.3) is 0 Å². The maximum atomic E-state index is 12.5. The first-order valence-corrected chi connectivity index (χ1v) is 9.23.